The summed E-state index contributed by atoms with van der Waals surface area (Å²) < 4.78 is 5.07. The Morgan fingerprint density at radius 2 is 2.00 bits per heavy atom. The van der Waals surface area contributed by atoms with Gasteiger partial charge in [0.2, 0.25) is 11.8 Å². The summed E-state index contributed by atoms with van der Waals surface area (Å²) in [6, 6.07) is 7.04. The molecule has 0 bridgehead atoms. The van der Waals surface area contributed by atoms with Gasteiger partial charge in [-0.05, 0) is 45.0 Å². The fourth-order valence-electron chi connectivity index (χ4n) is 1.95. The third kappa shape index (κ3) is 5.28. The molecule has 23 heavy (non-hydrogen) atoms. The second-order valence-electron chi connectivity index (χ2n) is 6.16. The van der Waals surface area contributed by atoms with E-state index >= 15 is 0 Å². The molecule has 0 unspecified atom stereocenters. The van der Waals surface area contributed by atoms with Crippen molar-refractivity contribution >= 4 is 34.4 Å². The molecule has 2 N–H and O–H groups in total. The molecule has 1 fully saturated rings. The van der Waals surface area contributed by atoms with Crippen molar-refractivity contribution in [3.8, 4) is 5.75 Å². The van der Waals surface area contributed by atoms with Crippen LogP contribution in [0, 0.1) is 0 Å². The van der Waals surface area contributed by atoms with Gasteiger partial charge in [0, 0.05) is 12.1 Å². The Labute approximate surface area is 140 Å². The van der Waals surface area contributed by atoms with Gasteiger partial charge in [-0.1, -0.05) is 11.8 Å². The number of ether oxygens (including phenoxy) is 1. The van der Waals surface area contributed by atoms with Crippen LogP contribution >= 0.6 is 11.8 Å². The maximum absolute atomic E-state index is 12.1. The molecule has 1 atom stereocenters. The number of hydrogen-bond donors (Lipinski definition) is 2. The summed E-state index contributed by atoms with van der Waals surface area (Å²) in [5.41, 5.74) is 0.401. The summed E-state index contributed by atoms with van der Waals surface area (Å²) in [6.07, 6.45) is 0.103. The smallest absolute Gasteiger partial charge is 0.240 e. The lowest BCUT2D eigenvalue weighted by atomic mass is 10.1. The van der Waals surface area contributed by atoms with Crippen LogP contribution in [-0.2, 0) is 9.59 Å². The number of anilines is 1. The van der Waals surface area contributed by atoms with E-state index in [0.29, 0.717) is 10.9 Å². The largest absolute Gasteiger partial charge is 0.497 e. The van der Waals surface area contributed by atoms with Gasteiger partial charge in [-0.15, -0.1) is 0 Å². The summed E-state index contributed by atoms with van der Waals surface area (Å²) >= 11 is 1.30. The number of amides is 2. The van der Waals surface area contributed by atoms with E-state index in [4.69, 9.17) is 4.74 Å². The van der Waals surface area contributed by atoms with Crippen molar-refractivity contribution in [1.29, 1.82) is 0 Å². The molecule has 7 heteroatoms. The molecule has 124 valence electrons. The number of carbonyl (C=O) groups is 2. The van der Waals surface area contributed by atoms with E-state index in [-0.39, 0.29) is 23.8 Å². The van der Waals surface area contributed by atoms with Crippen LogP contribution in [0.15, 0.2) is 29.3 Å². The number of aliphatic imine (C=N–C) groups is 1. The molecule has 1 saturated heterocycles. The summed E-state index contributed by atoms with van der Waals surface area (Å²) in [6.45, 7) is 5.86. The molecular weight excluding hydrogens is 314 g/mol. The summed E-state index contributed by atoms with van der Waals surface area (Å²) in [7, 11) is 1.58. The van der Waals surface area contributed by atoms with E-state index in [1.807, 2.05) is 20.8 Å². The van der Waals surface area contributed by atoms with Crippen LogP contribution in [0.1, 0.15) is 27.2 Å². The van der Waals surface area contributed by atoms with Crippen LogP contribution in [-0.4, -0.2) is 34.9 Å². The fraction of sp³-hybridized carbons (Fsp3) is 0.438. The molecule has 1 aromatic rings. The van der Waals surface area contributed by atoms with Crippen molar-refractivity contribution < 1.29 is 14.3 Å². The maximum Gasteiger partial charge on any atom is 0.240 e. The summed E-state index contributed by atoms with van der Waals surface area (Å²) in [4.78, 5) is 28.4. The summed E-state index contributed by atoms with van der Waals surface area (Å²) in [5.74, 6) is 0.333. The zero-order chi connectivity index (χ0) is 17.0. The first kappa shape index (κ1) is 17.3. The minimum atomic E-state index is -0.450. The molecule has 1 aromatic carbocycles. The van der Waals surface area contributed by atoms with Crippen molar-refractivity contribution in [2.45, 2.75) is 38.0 Å². The van der Waals surface area contributed by atoms with Gasteiger partial charge >= 0.3 is 0 Å². The highest BCUT2D eigenvalue weighted by Crippen LogP contribution is 2.25. The highest BCUT2D eigenvalue weighted by molar-refractivity contribution is 8.15. The van der Waals surface area contributed by atoms with Crippen molar-refractivity contribution in [3.63, 3.8) is 0 Å². The standard InChI is InChI=1S/C16H21N3O3S/c1-16(2,3)19-15-18-14(21)12(23-15)9-13(20)17-10-5-7-11(22-4)8-6-10/h5-8,12H,9H2,1-4H3,(H,17,20)(H,18,19,21)/t12-/m1/s1. The Balaban J connectivity index is 1.92. The Kier molecular flexibility index (Phi) is 5.30. The van der Waals surface area contributed by atoms with Crippen LogP contribution in [0.5, 0.6) is 5.75 Å². The third-order valence-corrected chi connectivity index (χ3v) is 4.04. The van der Waals surface area contributed by atoms with E-state index in [1.54, 1.807) is 31.4 Å². The Morgan fingerprint density at radius 1 is 1.35 bits per heavy atom. The quantitative estimate of drug-likeness (QED) is 0.885. The van der Waals surface area contributed by atoms with E-state index in [2.05, 4.69) is 15.6 Å². The Morgan fingerprint density at radius 3 is 2.57 bits per heavy atom. The van der Waals surface area contributed by atoms with Gasteiger partial charge in [-0.3, -0.25) is 14.6 Å². The SMILES string of the molecule is COc1ccc(NC(=O)C[C@H]2SC(=NC(C)(C)C)NC2=O)cc1. The topological polar surface area (TPSA) is 79.8 Å². The molecule has 0 aliphatic carbocycles. The van der Waals surface area contributed by atoms with Crippen molar-refractivity contribution in [2.24, 2.45) is 4.99 Å². The molecule has 0 radical (unpaired) electrons. The first-order valence-corrected chi connectivity index (χ1v) is 8.16. The van der Waals surface area contributed by atoms with Gasteiger partial charge in [-0.2, -0.15) is 0 Å². The summed E-state index contributed by atoms with van der Waals surface area (Å²) in [5, 5.41) is 5.62. The minimum Gasteiger partial charge on any atom is -0.497 e. The van der Waals surface area contributed by atoms with Crippen LogP contribution in [0.2, 0.25) is 0 Å². The third-order valence-electron chi connectivity index (χ3n) is 2.96. The number of amidine groups is 1. The highest BCUT2D eigenvalue weighted by Gasteiger charge is 2.32. The Hall–Kier alpha value is -2.02. The molecule has 1 heterocycles. The zero-order valence-electron chi connectivity index (χ0n) is 13.7. The predicted octanol–water partition coefficient (Wildman–Crippen LogP) is 2.41. The second-order valence-corrected chi connectivity index (χ2v) is 7.36. The predicted molar refractivity (Wildman–Crippen MR) is 93.0 cm³/mol. The number of methoxy groups -OCH3 is 1. The van der Waals surface area contributed by atoms with Crippen molar-refractivity contribution in [1.82, 2.24) is 5.32 Å². The highest BCUT2D eigenvalue weighted by atomic mass is 32.2. The van der Waals surface area contributed by atoms with Crippen LogP contribution in [0.4, 0.5) is 5.69 Å². The van der Waals surface area contributed by atoms with Crippen molar-refractivity contribution in [3.05, 3.63) is 24.3 Å². The minimum absolute atomic E-state index is 0.103. The molecule has 0 saturated carbocycles. The van der Waals surface area contributed by atoms with E-state index < -0.39 is 5.25 Å². The molecule has 1 aliphatic rings. The van der Waals surface area contributed by atoms with E-state index in [1.165, 1.54) is 11.8 Å². The van der Waals surface area contributed by atoms with Gasteiger partial charge in [0.25, 0.3) is 0 Å². The normalized spacial score (nSPS) is 19.6. The average molecular weight is 335 g/mol. The zero-order valence-corrected chi connectivity index (χ0v) is 14.5. The van der Waals surface area contributed by atoms with Gasteiger partial charge in [0.15, 0.2) is 5.17 Å². The molecule has 1 aliphatic heterocycles. The molecule has 2 rings (SSSR count). The molecule has 2 amide bonds. The molecular formula is C16H21N3O3S. The van der Waals surface area contributed by atoms with Crippen LogP contribution in [0.25, 0.3) is 0 Å². The van der Waals surface area contributed by atoms with Crippen LogP contribution in [0.3, 0.4) is 0 Å². The first-order valence-electron chi connectivity index (χ1n) is 7.28. The molecule has 0 spiro atoms. The van der Waals surface area contributed by atoms with Crippen LogP contribution < -0.4 is 15.4 Å². The maximum atomic E-state index is 12.1. The number of nitrogens with zero attached hydrogens (tertiary/aromatic N) is 1. The lowest BCUT2D eigenvalue weighted by Crippen LogP contribution is -2.28. The average Bonchev–Trinajstić information content (AvgIpc) is 2.77. The number of hydrogen-bond acceptors (Lipinski definition) is 5. The van der Waals surface area contributed by atoms with Crippen molar-refractivity contribution in [2.75, 3.05) is 12.4 Å². The van der Waals surface area contributed by atoms with Gasteiger partial charge in [0.05, 0.1) is 12.6 Å². The number of thioether (sulfide) groups is 1. The second kappa shape index (κ2) is 7.04. The van der Waals surface area contributed by atoms with Gasteiger partial charge in [0.1, 0.15) is 11.0 Å². The lowest BCUT2D eigenvalue weighted by Gasteiger charge is -2.12. The molecule has 6 nitrogen and oxygen atoms in total. The number of rotatable bonds is 4. The monoisotopic (exact) mass is 335 g/mol. The number of carbonyl (C=O) groups excluding carboxylic acids is 2. The van der Waals surface area contributed by atoms with E-state index in [9.17, 15) is 9.59 Å². The number of nitrogens with one attached hydrogen (secondary N) is 2. The van der Waals surface area contributed by atoms with Gasteiger partial charge in [-0.25, -0.2) is 0 Å². The fourth-order valence-corrected chi connectivity index (χ4v) is 3.11. The number of benzene rings is 1. The lowest BCUT2D eigenvalue weighted by molar-refractivity contribution is -0.122. The van der Waals surface area contributed by atoms with E-state index in [0.717, 1.165) is 5.75 Å². The van der Waals surface area contributed by atoms with Gasteiger partial charge < -0.3 is 15.4 Å². The Bertz CT molecular complexity index is 620. The first-order chi connectivity index (χ1) is 10.8. The molecule has 0 aromatic heterocycles.